The zero-order valence-corrected chi connectivity index (χ0v) is 12.1. The molecule has 0 aromatic heterocycles. The Kier molecular flexibility index (Phi) is 4.06. The summed E-state index contributed by atoms with van der Waals surface area (Å²) in [4.78, 5) is 38.5. The van der Waals surface area contributed by atoms with Gasteiger partial charge in [-0.3, -0.25) is 14.5 Å². The molecule has 0 spiro atoms. The van der Waals surface area contributed by atoms with E-state index < -0.39 is 6.03 Å². The highest BCUT2D eigenvalue weighted by Gasteiger charge is 2.34. The maximum Gasteiger partial charge on any atom is 0.325 e. The predicted octanol–water partition coefficient (Wildman–Crippen LogP) is -0.289. The SMILES string of the molecule is O=C1CNC(=O)N1CC(=O)N1CCNC[C@H]1c1ccccc1. The van der Waals surface area contributed by atoms with Gasteiger partial charge >= 0.3 is 6.03 Å². The lowest BCUT2D eigenvalue weighted by Gasteiger charge is -2.37. The van der Waals surface area contributed by atoms with Crippen molar-refractivity contribution in [3.63, 3.8) is 0 Å². The third-order valence-electron chi connectivity index (χ3n) is 3.98. The monoisotopic (exact) mass is 302 g/mol. The van der Waals surface area contributed by atoms with Gasteiger partial charge in [0.05, 0.1) is 12.6 Å². The molecule has 7 heteroatoms. The lowest BCUT2D eigenvalue weighted by molar-refractivity contribution is -0.139. The van der Waals surface area contributed by atoms with Gasteiger partial charge in [-0.2, -0.15) is 0 Å². The molecule has 0 saturated carbocycles. The number of hydrogen-bond acceptors (Lipinski definition) is 4. The van der Waals surface area contributed by atoms with Gasteiger partial charge in [0, 0.05) is 19.6 Å². The number of hydrogen-bond donors (Lipinski definition) is 2. The Labute approximate surface area is 128 Å². The summed E-state index contributed by atoms with van der Waals surface area (Å²) in [6.45, 7) is 1.69. The number of nitrogens with one attached hydrogen (secondary N) is 2. The van der Waals surface area contributed by atoms with Crippen LogP contribution in [0.15, 0.2) is 30.3 Å². The average molecular weight is 302 g/mol. The van der Waals surface area contributed by atoms with E-state index in [4.69, 9.17) is 0 Å². The fourth-order valence-electron chi connectivity index (χ4n) is 2.82. The summed E-state index contributed by atoms with van der Waals surface area (Å²) in [5.41, 5.74) is 1.04. The number of imide groups is 1. The number of benzene rings is 1. The van der Waals surface area contributed by atoms with Crippen LogP contribution in [0, 0.1) is 0 Å². The van der Waals surface area contributed by atoms with Gasteiger partial charge in [0.2, 0.25) is 5.91 Å². The molecule has 2 saturated heterocycles. The molecular formula is C15H18N4O3. The Balaban J connectivity index is 1.74. The molecule has 2 aliphatic rings. The molecule has 1 atom stereocenters. The maximum absolute atomic E-state index is 12.6. The minimum absolute atomic E-state index is 0.0320. The Bertz CT molecular complexity index is 574. The van der Waals surface area contributed by atoms with Crippen molar-refractivity contribution in [1.29, 1.82) is 0 Å². The van der Waals surface area contributed by atoms with E-state index in [9.17, 15) is 14.4 Å². The highest BCUT2D eigenvalue weighted by Crippen LogP contribution is 2.22. The fraction of sp³-hybridized carbons (Fsp3) is 0.400. The summed E-state index contributed by atoms with van der Waals surface area (Å²) in [6.07, 6.45) is 0. The molecule has 1 aromatic carbocycles. The molecule has 2 heterocycles. The van der Waals surface area contributed by atoms with Crippen molar-refractivity contribution in [3.8, 4) is 0 Å². The molecule has 22 heavy (non-hydrogen) atoms. The number of rotatable bonds is 3. The van der Waals surface area contributed by atoms with E-state index >= 15 is 0 Å². The number of urea groups is 1. The summed E-state index contributed by atoms with van der Waals surface area (Å²) >= 11 is 0. The van der Waals surface area contributed by atoms with Crippen LogP contribution in [-0.2, 0) is 9.59 Å². The van der Waals surface area contributed by atoms with Crippen LogP contribution < -0.4 is 10.6 Å². The zero-order valence-electron chi connectivity index (χ0n) is 12.1. The average Bonchev–Trinajstić information content (AvgIpc) is 2.87. The molecule has 2 aliphatic heterocycles. The van der Waals surface area contributed by atoms with Crippen LogP contribution in [0.1, 0.15) is 11.6 Å². The van der Waals surface area contributed by atoms with E-state index in [1.807, 2.05) is 30.3 Å². The number of piperazine rings is 1. The molecule has 2 fully saturated rings. The Morgan fingerprint density at radius 3 is 2.68 bits per heavy atom. The standard InChI is InChI=1S/C15H18N4O3/c20-13-9-17-15(22)19(13)10-14(21)18-7-6-16-8-12(18)11-4-2-1-3-5-11/h1-5,12,16H,6-10H2,(H,17,22)/t12-/m0/s1. The van der Waals surface area contributed by atoms with Crippen molar-refractivity contribution >= 4 is 17.8 Å². The summed E-state index contributed by atoms with van der Waals surface area (Å²) in [5, 5.41) is 5.70. The molecule has 0 radical (unpaired) electrons. The number of carbonyl (C=O) groups excluding carboxylic acids is 3. The van der Waals surface area contributed by atoms with Gasteiger partial charge in [-0.15, -0.1) is 0 Å². The second-order valence-electron chi connectivity index (χ2n) is 5.36. The van der Waals surface area contributed by atoms with Crippen molar-refractivity contribution in [2.75, 3.05) is 32.7 Å². The van der Waals surface area contributed by atoms with E-state index in [1.54, 1.807) is 4.90 Å². The molecule has 0 unspecified atom stereocenters. The van der Waals surface area contributed by atoms with Crippen LogP contribution >= 0.6 is 0 Å². The number of carbonyl (C=O) groups is 3. The Morgan fingerprint density at radius 1 is 1.23 bits per heavy atom. The van der Waals surface area contributed by atoms with Crippen LogP contribution in [0.5, 0.6) is 0 Å². The van der Waals surface area contributed by atoms with Crippen LogP contribution in [0.25, 0.3) is 0 Å². The van der Waals surface area contributed by atoms with Gasteiger partial charge in [-0.1, -0.05) is 30.3 Å². The summed E-state index contributed by atoms with van der Waals surface area (Å²) in [6, 6.07) is 9.18. The van der Waals surface area contributed by atoms with Gasteiger partial charge in [0.25, 0.3) is 5.91 Å². The molecule has 2 N–H and O–H groups in total. The van der Waals surface area contributed by atoms with Crippen LogP contribution in [-0.4, -0.2) is 60.4 Å². The lowest BCUT2D eigenvalue weighted by Crippen LogP contribution is -2.52. The first-order valence-electron chi connectivity index (χ1n) is 7.30. The molecule has 3 rings (SSSR count). The van der Waals surface area contributed by atoms with Crippen molar-refractivity contribution in [3.05, 3.63) is 35.9 Å². The molecule has 7 nitrogen and oxygen atoms in total. The first-order valence-corrected chi connectivity index (χ1v) is 7.30. The van der Waals surface area contributed by atoms with E-state index in [0.29, 0.717) is 19.6 Å². The second-order valence-corrected chi connectivity index (χ2v) is 5.36. The smallest absolute Gasteiger partial charge is 0.325 e. The van der Waals surface area contributed by atoms with Crippen molar-refractivity contribution in [2.45, 2.75) is 6.04 Å². The van der Waals surface area contributed by atoms with Crippen LogP contribution in [0.4, 0.5) is 4.79 Å². The van der Waals surface area contributed by atoms with Crippen LogP contribution in [0.3, 0.4) is 0 Å². The minimum Gasteiger partial charge on any atom is -0.332 e. The van der Waals surface area contributed by atoms with Gasteiger partial charge in [-0.25, -0.2) is 4.79 Å². The third-order valence-corrected chi connectivity index (χ3v) is 3.98. The van der Waals surface area contributed by atoms with Gasteiger partial charge in [0.1, 0.15) is 6.54 Å². The van der Waals surface area contributed by atoms with Crippen molar-refractivity contribution < 1.29 is 14.4 Å². The zero-order chi connectivity index (χ0) is 15.5. The predicted molar refractivity (Wildman–Crippen MR) is 78.9 cm³/mol. The van der Waals surface area contributed by atoms with Crippen molar-refractivity contribution in [2.24, 2.45) is 0 Å². The number of amides is 4. The molecular weight excluding hydrogens is 284 g/mol. The third kappa shape index (κ3) is 2.80. The van der Waals surface area contributed by atoms with E-state index in [0.717, 1.165) is 10.5 Å². The molecule has 0 bridgehead atoms. The lowest BCUT2D eigenvalue weighted by atomic mass is 10.0. The van der Waals surface area contributed by atoms with Crippen LogP contribution in [0.2, 0.25) is 0 Å². The normalized spacial score (nSPS) is 21.9. The first kappa shape index (κ1) is 14.5. The van der Waals surface area contributed by atoms with Crippen molar-refractivity contribution in [1.82, 2.24) is 20.4 Å². The summed E-state index contributed by atoms with van der Waals surface area (Å²) in [5.74, 6) is -0.564. The first-order chi connectivity index (χ1) is 10.7. The Hall–Kier alpha value is -2.41. The quantitative estimate of drug-likeness (QED) is 0.752. The van der Waals surface area contributed by atoms with Gasteiger partial charge < -0.3 is 15.5 Å². The van der Waals surface area contributed by atoms with Gasteiger partial charge in [-0.05, 0) is 5.56 Å². The highest BCUT2D eigenvalue weighted by molar-refractivity contribution is 6.04. The number of nitrogens with zero attached hydrogens (tertiary/aromatic N) is 2. The van der Waals surface area contributed by atoms with E-state index in [-0.39, 0.29) is 30.9 Å². The van der Waals surface area contributed by atoms with Gasteiger partial charge in [0.15, 0.2) is 0 Å². The molecule has 1 aromatic rings. The van der Waals surface area contributed by atoms with E-state index in [1.165, 1.54) is 0 Å². The summed E-state index contributed by atoms with van der Waals surface area (Å²) in [7, 11) is 0. The maximum atomic E-state index is 12.6. The molecule has 116 valence electrons. The second kappa shape index (κ2) is 6.15. The molecule has 4 amide bonds. The molecule has 0 aliphatic carbocycles. The largest absolute Gasteiger partial charge is 0.332 e. The Morgan fingerprint density at radius 2 is 2.00 bits per heavy atom. The minimum atomic E-state index is -0.496. The van der Waals surface area contributed by atoms with E-state index in [2.05, 4.69) is 10.6 Å². The topological polar surface area (TPSA) is 81.8 Å². The summed E-state index contributed by atoms with van der Waals surface area (Å²) < 4.78 is 0. The fourth-order valence-corrected chi connectivity index (χ4v) is 2.82. The highest BCUT2D eigenvalue weighted by atomic mass is 16.2.